The molecule has 2 atom stereocenters. The van der Waals surface area contributed by atoms with Gasteiger partial charge in [-0.05, 0) is 19.1 Å². The summed E-state index contributed by atoms with van der Waals surface area (Å²) in [4.78, 5) is 51.3. The fourth-order valence-electron chi connectivity index (χ4n) is 2.72. The zero-order chi connectivity index (χ0) is 18.8. The van der Waals surface area contributed by atoms with Gasteiger partial charge < -0.3 is 4.90 Å². The number of guanidine groups is 1. The summed E-state index contributed by atoms with van der Waals surface area (Å²) in [6.07, 6.45) is 3.03. The fraction of sp³-hybridized carbons (Fsp3) is 0.412. The number of amides is 3. The van der Waals surface area contributed by atoms with Crippen molar-refractivity contribution in [3.63, 3.8) is 0 Å². The third kappa shape index (κ3) is 3.32. The van der Waals surface area contributed by atoms with E-state index in [9.17, 15) is 14.4 Å². The first-order valence-corrected chi connectivity index (χ1v) is 8.36. The van der Waals surface area contributed by atoms with Gasteiger partial charge in [-0.25, -0.2) is 0 Å². The molecule has 0 saturated heterocycles. The van der Waals surface area contributed by atoms with Crippen LogP contribution in [0.15, 0.2) is 34.5 Å². The second-order valence-corrected chi connectivity index (χ2v) is 6.50. The molecule has 0 bridgehead atoms. The summed E-state index contributed by atoms with van der Waals surface area (Å²) < 4.78 is 0. The Morgan fingerprint density at radius 2 is 2.15 bits per heavy atom. The van der Waals surface area contributed by atoms with E-state index in [2.05, 4.69) is 25.6 Å². The topological polar surface area (TPSA) is 116 Å². The van der Waals surface area contributed by atoms with Gasteiger partial charge in [-0.2, -0.15) is 4.99 Å². The van der Waals surface area contributed by atoms with Crippen LogP contribution in [0.3, 0.4) is 0 Å². The van der Waals surface area contributed by atoms with Crippen LogP contribution in [0, 0.1) is 5.92 Å². The van der Waals surface area contributed by atoms with E-state index in [1.807, 2.05) is 6.92 Å². The Balaban J connectivity index is 1.89. The van der Waals surface area contributed by atoms with Crippen molar-refractivity contribution in [3.8, 4) is 0 Å². The van der Waals surface area contributed by atoms with Gasteiger partial charge in [0.2, 0.25) is 11.9 Å². The highest BCUT2D eigenvalue weighted by atomic mass is 16.2. The molecule has 0 saturated carbocycles. The third-order valence-corrected chi connectivity index (χ3v) is 4.14. The van der Waals surface area contributed by atoms with Gasteiger partial charge in [-0.1, -0.05) is 13.8 Å². The van der Waals surface area contributed by atoms with Crippen molar-refractivity contribution < 1.29 is 14.4 Å². The fourth-order valence-corrected chi connectivity index (χ4v) is 2.72. The van der Waals surface area contributed by atoms with Crippen molar-refractivity contribution in [2.24, 2.45) is 15.9 Å². The number of pyridine rings is 1. The van der Waals surface area contributed by atoms with Crippen molar-refractivity contribution in [3.05, 3.63) is 30.1 Å². The maximum Gasteiger partial charge on any atom is 0.257 e. The smallest absolute Gasteiger partial charge is 0.257 e. The molecule has 0 fully saturated rings. The van der Waals surface area contributed by atoms with Crippen molar-refractivity contribution >= 4 is 29.5 Å². The van der Waals surface area contributed by atoms with Crippen LogP contribution in [-0.2, 0) is 9.59 Å². The Kier molecular flexibility index (Phi) is 4.79. The van der Waals surface area contributed by atoms with Gasteiger partial charge >= 0.3 is 0 Å². The van der Waals surface area contributed by atoms with Crippen molar-refractivity contribution in [1.82, 2.24) is 20.5 Å². The molecule has 0 spiro atoms. The SMILES string of the molecule is CC(C)C(=O)NC1=NC2=NCC(C)N(C(=O)c3cccnc3)C2C(=O)N1. The van der Waals surface area contributed by atoms with Crippen LogP contribution in [-0.4, -0.2) is 58.0 Å². The van der Waals surface area contributed by atoms with Crippen molar-refractivity contribution in [2.45, 2.75) is 32.9 Å². The molecule has 26 heavy (non-hydrogen) atoms. The quantitative estimate of drug-likeness (QED) is 0.773. The summed E-state index contributed by atoms with van der Waals surface area (Å²) >= 11 is 0. The van der Waals surface area contributed by atoms with Gasteiger partial charge in [-0.3, -0.25) is 35.0 Å². The molecule has 2 aliphatic heterocycles. The molecular weight excluding hydrogens is 336 g/mol. The zero-order valence-corrected chi connectivity index (χ0v) is 14.8. The van der Waals surface area contributed by atoms with Crippen LogP contribution in [0.5, 0.6) is 0 Å². The summed E-state index contributed by atoms with van der Waals surface area (Å²) in [5.74, 6) is -1.06. The average Bonchev–Trinajstić information content (AvgIpc) is 2.62. The number of nitrogens with one attached hydrogen (secondary N) is 2. The third-order valence-electron chi connectivity index (χ3n) is 4.14. The lowest BCUT2D eigenvalue weighted by Gasteiger charge is -2.39. The number of hydrogen-bond donors (Lipinski definition) is 2. The molecule has 0 radical (unpaired) electrons. The van der Waals surface area contributed by atoms with Crippen LogP contribution in [0.1, 0.15) is 31.1 Å². The van der Waals surface area contributed by atoms with Gasteiger partial charge in [0.15, 0.2) is 11.9 Å². The number of fused-ring (bicyclic) bond motifs is 1. The van der Waals surface area contributed by atoms with Crippen LogP contribution in [0.25, 0.3) is 0 Å². The Labute approximate surface area is 150 Å². The predicted octanol–water partition coefficient (Wildman–Crippen LogP) is -0.0490. The minimum atomic E-state index is -0.939. The number of carbonyl (C=O) groups excluding carboxylic acids is 3. The number of hydrogen-bond acceptors (Lipinski definition) is 6. The van der Waals surface area contributed by atoms with Crippen molar-refractivity contribution in [1.29, 1.82) is 0 Å². The highest BCUT2D eigenvalue weighted by Gasteiger charge is 2.43. The van der Waals surface area contributed by atoms with E-state index in [-0.39, 0.29) is 35.6 Å². The largest absolute Gasteiger partial charge is 0.315 e. The van der Waals surface area contributed by atoms with E-state index in [1.165, 1.54) is 11.1 Å². The first-order valence-electron chi connectivity index (χ1n) is 8.36. The number of rotatable bonds is 2. The van der Waals surface area contributed by atoms with Crippen LogP contribution in [0.4, 0.5) is 0 Å². The maximum atomic E-state index is 12.9. The first kappa shape index (κ1) is 17.7. The molecule has 3 rings (SSSR count). The molecule has 1 aromatic heterocycles. The van der Waals surface area contributed by atoms with Crippen LogP contribution < -0.4 is 10.6 Å². The van der Waals surface area contributed by atoms with Crippen LogP contribution in [0.2, 0.25) is 0 Å². The van der Waals surface area contributed by atoms with Crippen molar-refractivity contribution in [2.75, 3.05) is 6.54 Å². The zero-order valence-electron chi connectivity index (χ0n) is 14.8. The lowest BCUT2D eigenvalue weighted by Crippen LogP contribution is -2.64. The number of aromatic nitrogens is 1. The van der Waals surface area contributed by atoms with Gasteiger partial charge in [0.05, 0.1) is 18.2 Å². The molecule has 0 aliphatic carbocycles. The highest BCUT2D eigenvalue weighted by molar-refractivity contribution is 6.23. The Morgan fingerprint density at radius 3 is 2.81 bits per heavy atom. The van der Waals surface area contributed by atoms with E-state index in [4.69, 9.17) is 0 Å². The summed E-state index contributed by atoms with van der Waals surface area (Å²) in [7, 11) is 0. The number of amidine groups is 1. The van der Waals surface area contributed by atoms with Crippen LogP contribution >= 0.6 is 0 Å². The minimum Gasteiger partial charge on any atom is -0.315 e. The van der Waals surface area contributed by atoms with E-state index >= 15 is 0 Å². The van der Waals surface area contributed by atoms with E-state index in [0.717, 1.165) is 0 Å². The summed E-state index contributed by atoms with van der Waals surface area (Å²) in [6.45, 7) is 5.61. The molecule has 1 aromatic rings. The normalized spacial score (nSPS) is 22.2. The number of nitrogens with zero attached hydrogens (tertiary/aromatic N) is 4. The molecule has 3 amide bonds. The predicted molar refractivity (Wildman–Crippen MR) is 94.5 cm³/mol. The van der Waals surface area contributed by atoms with Gasteiger partial charge in [0, 0.05) is 18.3 Å². The second-order valence-electron chi connectivity index (χ2n) is 6.50. The molecule has 136 valence electrons. The lowest BCUT2D eigenvalue weighted by molar-refractivity contribution is -0.123. The Bertz CT molecular complexity index is 802. The summed E-state index contributed by atoms with van der Waals surface area (Å²) in [6, 6.07) is 2.09. The molecule has 2 N–H and O–H groups in total. The van der Waals surface area contributed by atoms with Gasteiger partial charge in [-0.15, -0.1) is 0 Å². The van der Waals surface area contributed by atoms with E-state index in [0.29, 0.717) is 12.1 Å². The number of carbonyl (C=O) groups is 3. The average molecular weight is 356 g/mol. The van der Waals surface area contributed by atoms with Gasteiger partial charge in [0.1, 0.15) is 0 Å². The molecule has 0 aromatic carbocycles. The standard InChI is InChI=1S/C17H20N6O3/c1-9(2)14(24)21-17-20-13-12(15(25)22-17)23(10(3)7-19-13)16(26)11-5-4-6-18-8-11/h4-6,8-10,12H,7H2,1-3H3,(H2,19,20,21,22,24,25). The second kappa shape index (κ2) is 7.03. The first-order chi connectivity index (χ1) is 12.4. The lowest BCUT2D eigenvalue weighted by atomic mass is 10.0. The highest BCUT2D eigenvalue weighted by Crippen LogP contribution is 2.20. The Hall–Kier alpha value is -3.10. The number of aliphatic imine (C=N–C) groups is 2. The summed E-state index contributed by atoms with van der Waals surface area (Å²) in [5, 5.41) is 5.10. The monoisotopic (exact) mass is 356 g/mol. The van der Waals surface area contributed by atoms with E-state index in [1.54, 1.807) is 32.2 Å². The minimum absolute atomic E-state index is 0.0343. The molecule has 9 heteroatoms. The molecule has 3 heterocycles. The summed E-state index contributed by atoms with van der Waals surface area (Å²) in [5.41, 5.74) is 0.385. The maximum absolute atomic E-state index is 12.9. The molecule has 2 aliphatic rings. The molecule has 9 nitrogen and oxygen atoms in total. The van der Waals surface area contributed by atoms with E-state index < -0.39 is 11.9 Å². The Morgan fingerprint density at radius 1 is 1.38 bits per heavy atom. The molecular formula is C17H20N6O3. The molecule has 2 unspecified atom stereocenters. The van der Waals surface area contributed by atoms with Gasteiger partial charge in [0.25, 0.3) is 11.8 Å².